The Morgan fingerprint density at radius 1 is 1.30 bits per heavy atom. The first-order chi connectivity index (χ1) is 14.5. The molecule has 0 radical (unpaired) electrons. The molecule has 30 heavy (non-hydrogen) atoms. The van der Waals surface area contributed by atoms with Gasteiger partial charge in [-0.15, -0.1) is 11.3 Å². The topological polar surface area (TPSA) is 96.3 Å². The normalized spacial score (nSPS) is 13.2. The maximum atomic E-state index is 12.7. The molecule has 5 rings (SSSR count). The molecule has 0 amide bonds. The number of ether oxygens (including phenoxy) is 1. The zero-order valence-corrected chi connectivity index (χ0v) is 17.2. The van der Waals surface area contributed by atoms with Crippen molar-refractivity contribution in [3.8, 4) is 0 Å². The SMILES string of the molecule is Cc1c(C(=O)OCCCn2c(=O)oc3ccccc32)sc2nc3n(c(=O)c12)CCC3. The lowest BCUT2D eigenvalue weighted by Gasteiger charge is -2.05. The van der Waals surface area contributed by atoms with E-state index in [1.807, 2.05) is 12.1 Å². The minimum Gasteiger partial charge on any atom is -0.461 e. The van der Waals surface area contributed by atoms with Crippen LogP contribution in [0.2, 0.25) is 0 Å². The van der Waals surface area contributed by atoms with Gasteiger partial charge < -0.3 is 9.15 Å². The predicted octanol–water partition coefficient (Wildman–Crippen LogP) is 2.87. The molecule has 0 fully saturated rings. The Morgan fingerprint density at radius 3 is 3.00 bits per heavy atom. The smallest absolute Gasteiger partial charge is 0.419 e. The number of hydrogen-bond donors (Lipinski definition) is 0. The fraction of sp³-hybridized carbons (Fsp3) is 0.333. The van der Waals surface area contributed by atoms with E-state index in [4.69, 9.17) is 9.15 Å². The van der Waals surface area contributed by atoms with Gasteiger partial charge in [0.05, 0.1) is 17.5 Å². The maximum Gasteiger partial charge on any atom is 0.419 e. The molecule has 0 N–H and O–H groups in total. The minimum absolute atomic E-state index is 0.0773. The van der Waals surface area contributed by atoms with Gasteiger partial charge in [-0.05, 0) is 37.5 Å². The number of aromatic nitrogens is 3. The first-order valence-electron chi connectivity index (χ1n) is 9.83. The molecule has 1 aromatic carbocycles. The van der Waals surface area contributed by atoms with Crippen LogP contribution in [0.15, 0.2) is 38.3 Å². The van der Waals surface area contributed by atoms with Gasteiger partial charge in [0.2, 0.25) is 0 Å². The number of benzene rings is 1. The van der Waals surface area contributed by atoms with Crippen molar-refractivity contribution in [2.45, 2.75) is 39.3 Å². The molecule has 1 aliphatic heterocycles. The number of carbonyl (C=O) groups excluding carboxylic acids is 1. The molecule has 0 saturated carbocycles. The molecule has 154 valence electrons. The van der Waals surface area contributed by atoms with Crippen LogP contribution in [0.25, 0.3) is 21.3 Å². The highest BCUT2D eigenvalue weighted by molar-refractivity contribution is 7.20. The van der Waals surface area contributed by atoms with Gasteiger partial charge in [0, 0.05) is 19.5 Å². The van der Waals surface area contributed by atoms with Crippen molar-refractivity contribution in [3.05, 3.63) is 61.4 Å². The highest BCUT2D eigenvalue weighted by Crippen LogP contribution is 2.29. The lowest BCUT2D eigenvalue weighted by molar-refractivity contribution is 0.0501. The van der Waals surface area contributed by atoms with Crippen molar-refractivity contribution in [2.24, 2.45) is 0 Å². The van der Waals surface area contributed by atoms with Crippen molar-refractivity contribution in [2.75, 3.05) is 6.61 Å². The zero-order chi connectivity index (χ0) is 20.8. The number of esters is 1. The van der Waals surface area contributed by atoms with Crippen molar-refractivity contribution in [1.29, 1.82) is 0 Å². The third-order valence-corrected chi connectivity index (χ3v) is 6.60. The molecule has 9 heteroatoms. The van der Waals surface area contributed by atoms with E-state index in [9.17, 15) is 14.4 Å². The van der Waals surface area contributed by atoms with E-state index in [2.05, 4.69) is 4.98 Å². The summed E-state index contributed by atoms with van der Waals surface area (Å²) in [6.07, 6.45) is 2.17. The van der Waals surface area contributed by atoms with E-state index in [0.29, 0.717) is 51.3 Å². The standard InChI is InChI=1S/C21H19N3O5S/c1-12-16-18(22-15-8-4-9-24(15)19(16)25)30-17(12)20(26)28-11-5-10-23-13-6-2-3-7-14(13)29-21(23)27/h2-3,6-7H,4-5,8-11H2,1H3. The molecule has 0 unspecified atom stereocenters. The van der Waals surface area contributed by atoms with Gasteiger partial charge in [-0.1, -0.05) is 12.1 Å². The van der Waals surface area contributed by atoms with Crippen LogP contribution in [-0.4, -0.2) is 26.7 Å². The molecule has 0 aliphatic carbocycles. The molecule has 0 bridgehead atoms. The lowest BCUT2D eigenvalue weighted by Crippen LogP contribution is -2.20. The number of aryl methyl sites for hydroxylation is 3. The monoisotopic (exact) mass is 425 g/mol. The number of carbonyl (C=O) groups is 1. The highest BCUT2D eigenvalue weighted by Gasteiger charge is 2.24. The van der Waals surface area contributed by atoms with Gasteiger partial charge in [-0.3, -0.25) is 13.9 Å². The van der Waals surface area contributed by atoms with Crippen molar-refractivity contribution in [3.63, 3.8) is 0 Å². The number of oxazole rings is 1. The Hall–Kier alpha value is -3.20. The van der Waals surface area contributed by atoms with E-state index in [-0.39, 0.29) is 12.2 Å². The predicted molar refractivity (Wildman–Crippen MR) is 112 cm³/mol. The van der Waals surface area contributed by atoms with E-state index in [1.165, 1.54) is 15.9 Å². The van der Waals surface area contributed by atoms with Gasteiger partial charge in [-0.2, -0.15) is 0 Å². The second kappa shape index (κ2) is 7.24. The maximum absolute atomic E-state index is 12.7. The van der Waals surface area contributed by atoms with Gasteiger partial charge in [-0.25, -0.2) is 14.6 Å². The number of para-hydroxylation sites is 2. The molecule has 4 aromatic rings. The van der Waals surface area contributed by atoms with Crippen LogP contribution < -0.4 is 11.3 Å². The number of nitrogens with zero attached hydrogens (tertiary/aromatic N) is 3. The fourth-order valence-corrected chi connectivity index (χ4v) is 5.03. The van der Waals surface area contributed by atoms with Crippen molar-refractivity contribution >= 4 is 38.6 Å². The van der Waals surface area contributed by atoms with Gasteiger partial charge in [0.25, 0.3) is 5.56 Å². The zero-order valence-electron chi connectivity index (χ0n) is 16.3. The second-order valence-corrected chi connectivity index (χ2v) is 8.30. The largest absolute Gasteiger partial charge is 0.461 e. The first kappa shape index (κ1) is 18.8. The minimum atomic E-state index is -0.468. The van der Waals surface area contributed by atoms with Crippen LogP contribution in [0.4, 0.5) is 0 Å². The quantitative estimate of drug-likeness (QED) is 0.360. The summed E-state index contributed by atoms with van der Waals surface area (Å²) in [5, 5.41) is 0.508. The Kier molecular flexibility index (Phi) is 4.54. The molecule has 3 aromatic heterocycles. The molecule has 4 heterocycles. The average molecular weight is 425 g/mol. The van der Waals surface area contributed by atoms with Crippen molar-refractivity contribution in [1.82, 2.24) is 14.1 Å². The molecule has 0 spiro atoms. The average Bonchev–Trinajstić information content (AvgIpc) is 3.41. The van der Waals surface area contributed by atoms with Gasteiger partial charge in [0.1, 0.15) is 15.5 Å². The lowest BCUT2D eigenvalue weighted by atomic mass is 10.2. The number of thiophene rings is 1. The fourth-order valence-electron chi connectivity index (χ4n) is 3.95. The number of fused-ring (bicyclic) bond motifs is 3. The van der Waals surface area contributed by atoms with Gasteiger partial charge >= 0.3 is 11.7 Å². The number of hydrogen-bond acceptors (Lipinski definition) is 7. The summed E-state index contributed by atoms with van der Waals surface area (Å²) in [6.45, 7) is 2.97. The molecule has 0 saturated heterocycles. The Bertz CT molecular complexity index is 1410. The summed E-state index contributed by atoms with van der Waals surface area (Å²) in [7, 11) is 0. The summed E-state index contributed by atoms with van der Waals surface area (Å²) in [5.41, 5.74) is 1.79. The molecule has 1 aliphatic rings. The van der Waals surface area contributed by atoms with E-state index >= 15 is 0 Å². The van der Waals surface area contributed by atoms with E-state index < -0.39 is 11.7 Å². The van der Waals surface area contributed by atoms with Crippen LogP contribution in [0.1, 0.15) is 33.9 Å². The third-order valence-electron chi connectivity index (χ3n) is 5.43. The summed E-state index contributed by atoms with van der Waals surface area (Å²) < 4.78 is 13.8. The first-order valence-corrected chi connectivity index (χ1v) is 10.6. The highest BCUT2D eigenvalue weighted by atomic mass is 32.1. The summed E-state index contributed by atoms with van der Waals surface area (Å²) in [6, 6.07) is 7.20. The Morgan fingerprint density at radius 2 is 2.13 bits per heavy atom. The van der Waals surface area contributed by atoms with Crippen LogP contribution in [-0.2, 0) is 24.2 Å². The molecular weight excluding hydrogens is 406 g/mol. The summed E-state index contributed by atoms with van der Waals surface area (Å²) in [5.74, 6) is -0.113. The Labute approximate surface area is 174 Å². The van der Waals surface area contributed by atoms with Crippen molar-refractivity contribution < 1.29 is 13.9 Å². The number of rotatable bonds is 5. The third kappa shape index (κ3) is 2.97. The van der Waals surface area contributed by atoms with E-state index in [0.717, 1.165) is 18.7 Å². The van der Waals surface area contributed by atoms with E-state index in [1.54, 1.807) is 23.6 Å². The molecule has 8 nitrogen and oxygen atoms in total. The van der Waals surface area contributed by atoms with Crippen LogP contribution in [0, 0.1) is 6.92 Å². The second-order valence-electron chi connectivity index (χ2n) is 7.30. The van der Waals surface area contributed by atoms with Crippen LogP contribution in [0.3, 0.4) is 0 Å². The summed E-state index contributed by atoms with van der Waals surface area (Å²) in [4.78, 5) is 42.9. The van der Waals surface area contributed by atoms with Gasteiger partial charge in [0.15, 0.2) is 5.58 Å². The summed E-state index contributed by atoms with van der Waals surface area (Å²) >= 11 is 1.20. The molecule has 0 atom stereocenters. The molecular formula is C21H19N3O5S. The van der Waals surface area contributed by atoms with Crippen LogP contribution >= 0.6 is 11.3 Å². The Balaban J connectivity index is 1.30. The van der Waals surface area contributed by atoms with Crippen LogP contribution in [0.5, 0.6) is 0 Å².